The zero-order valence-electron chi connectivity index (χ0n) is 14.9. The molecule has 0 spiro atoms. The summed E-state index contributed by atoms with van der Waals surface area (Å²) in [6.45, 7) is 0.633. The molecule has 0 amide bonds. The van der Waals surface area contributed by atoms with E-state index < -0.39 is 5.82 Å². The van der Waals surface area contributed by atoms with Gasteiger partial charge in [0.2, 0.25) is 0 Å². The highest BCUT2D eigenvalue weighted by molar-refractivity contribution is 6.31. The van der Waals surface area contributed by atoms with E-state index >= 15 is 0 Å². The van der Waals surface area contributed by atoms with Gasteiger partial charge < -0.3 is 14.8 Å². The van der Waals surface area contributed by atoms with E-state index in [4.69, 9.17) is 32.7 Å². The summed E-state index contributed by atoms with van der Waals surface area (Å²) < 4.78 is 37.4. The van der Waals surface area contributed by atoms with E-state index in [1.54, 1.807) is 30.3 Å². The van der Waals surface area contributed by atoms with Gasteiger partial charge in [0, 0.05) is 23.3 Å². The second-order valence-electron chi connectivity index (χ2n) is 5.99. The Hall–Kier alpha value is -2.50. The molecular weight excluding hydrogens is 407 g/mol. The Kier molecular flexibility index (Phi) is 6.60. The summed E-state index contributed by atoms with van der Waals surface area (Å²) in [5.41, 5.74) is 2.25. The van der Waals surface area contributed by atoms with Gasteiger partial charge in [-0.15, -0.1) is 0 Å². The third-order valence-corrected chi connectivity index (χ3v) is 4.68. The quantitative estimate of drug-likeness (QED) is 0.472. The molecule has 0 fully saturated rings. The molecule has 0 radical (unpaired) electrons. The molecule has 146 valence electrons. The first-order valence-corrected chi connectivity index (χ1v) is 9.14. The minimum atomic E-state index is -0.477. The fourth-order valence-electron chi connectivity index (χ4n) is 2.53. The number of hydrogen-bond donors (Lipinski definition) is 1. The smallest absolute Gasteiger partial charge is 0.163 e. The number of nitrogens with one attached hydrogen (secondary N) is 1. The first kappa shape index (κ1) is 20.2. The number of ether oxygens (including phenoxy) is 2. The van der Waals surface area contributed by atoms with Gasteiger partial charge in [0.05, 0.1) is 12.1 Å². The molecule has 3 aromatic carbocycles. The Morgan fingerprint density at radius 2 is 1.64 bits per heavy atom. The van der Waals surface area contributed by atoms with Crippen LogP contribution in [0.2, 0.25) is 10.0 Å². The Morgan fingerprint density at radius 3 is 2.32 bits per heavy atom. The van der Waals surface area contributed by atoms with Gasteiger partial charge in [-0.2, -0.15) is 0 Å². The van der Waals surface area contributed by atoms with Crippen LogP contribution in [-0.2, 0) is 13.2 Å². The highest BCUT2D eigenvalue weighted by Crippen LogP contribution is 2.34. The van der Waals surface area contributed by atoms with E-state index in [9.17, 15) is 8.78 Å². The lowest BCUT2D eigenvalue weighted by molar-refractivity contribution is 0.284. The molecule has 0 aromatic heterocycles. The van der Waals surface area contributed by atoms with Crippen molar-refractivity contribution in [3.63, 3.8) is 0 Å². The zero-order chi connectivity index (χ0) is 20.1. The minimum absolute atomic E-state index is 0.0400. The SMILES string of the molecule is COc1cc(CNc2ccc(F)c(Cl)c2)c(Cl)cc1OCc1ccc(F)cc1. The zero-order valence-corrected chi connectivity index (χ0v) is 16.5. The number of hydrogen-bond acceptors (Lipinski definition) is 3. The monoisotopic (exact) mass is 423 g/mol. The largest absolute Gasteiger partial charge is 0.493 e. The van der Waals surface area contributed by atoms with Crippen LogP contribution in [0.25, 0.3) is 0 Å². The van der Waals surface area contributed by atoms with E-state index in [0.29, 0.717) is 28.8 Å². The molecule has 0 heterocycles. The van der Waals surface area contributed by atoms with E-state index in [-0.39, 0.29) is 17.4 Å². The van der Waals surface area contributed by atoms with Crippen molar-refractivity contribution >= 4 is 28.9 Å². The first-order valence-electron chi connectivity index (χ1n) is 8.39. The molecule has 0 aliphatic carbocycles. The van der Waals surface area contributed by atoms with Crippen molar-refractivity contribution in [2.75, 3.05) is 12.4 Å². The minimum Gasteiger partial charge on any atom is -0.493 e. The molecule has 3 aromatic rings. The van der Waals surface area contributed by atoms with Crippen LogP contribution >= 0.6 is 23.2 Å². The third kappa shape index (κ3) is 5.06. The van der Waals surface area contributed by atoms with Crippen molar-refractivity contribution in [3.8, 4) is 11.5 Å². The van der Waals surface area contributed by atoms with Crippen LogP contribution in [0.3, 0.4) is 0 Å². The summed E-state index contributed by atoms with van der Waals surface area (Å²) in [5, 5.41) is 3.66. The van der Waals surface area contributed by atoms with Crippen LogP contribution in [0.5, 0.6) is 11.5 Å². The maximum absolute atomic E-state index is 13.3. The maximum Gasteiger partial charge on any atom is 0.163 e. The molecule has 3 nitrogen and oxygen atoms in total. The van der Waals surface area contributed by atoms with E-state index in [1.807, 2.05) is 0 Å². The fourth-order valence-corrected chi connectivity index (χ4v) is 2.93. The summed E-state index contributed by atoms with van der Waals surface area (Å²) in [7, 11) is 1.53. The van der Waals surface area contributed by atoms with Crippen molar-refractivity contribution in [3.05, 3.63) is 87.4 Å². The van der Waals surface area contributed by atoms with Gasteiger partial charge in [0.1, 0.15) is 18.2 Å². The van der Waals surface area contributed by atoms with E-state index in [0.717, 1.165) is 11.1 Å². The molecule has 0 saturated heterocycles. The third-order valence-electron chi connectivity index (χ3n) is 4.04. The lowest BCUT2D eigenvalue weighted by Gasteiger charge is -2.15. The molecule has 0 bridgehead atoms. The van der Waals surface area contributed by atoms with Crippen LogP contribution in [0.15, 0.2) is 54.6 Å². The van der Waals surface area contributed by atoms with Gasteiger partial charge in [-0.05, 0) is 47.5 Å². The van der Waals surface area contributed by atoms with Gasteiger partial charge in [-0.1, -0.05) is 35.3 Å². The standard InChI is InChI=1S/C21H17Cl2F2NO2/c1-27-20-8-14(11-26-16-6-7-19(25)18(23)9-16)17(22)10-21(20)28-12-13-2-4-15(24)5-3-13/h2-10,26H,11-12H2,1H3. The molecule has 1 N–H and O–H groups in total. The Balaban J connectivity index is 1.71. The summed E-state index contributed by atoms with van der Waals surface area (Å²) in [6.07, 6.45) is 0. The van der Waals surface area contributed by atoms with Crippen LogP contribution in [0, 0.1) is 11.6 Å². The molecule has 0 saturated carbocycles. The number of benzene rings is 3. The summed E-state index contributed by atoms with van der Waals surface area (Å²) >= 11 is 12.2. The highest BCUT2D eigenvalue weighted by Gasteiger charge is 2.11. The molecule has 3 rings (SSSR count). The second-order valence-corrected chi connectivity index (χ2v) is 6.81. The second kappa shape index (κ2) is 9.13. The summed E-state index contributed by atoms with van der Waals surface area (Å²) in [6, 6.07) is 13.9. The number of anilines is 1. The summed E-state index contributed by atoms with van der Waals surface area (Å²) in [5.74, 6) is 0.212. The fraction of sp³-hybridized carbons (Fsp3) is 0.143. The molecule has 0 unspecified atom stereocenters. The normalized spacial score (nSPS) is 10.6. The summed E-state index contributed by atoms with van der Waals surface area (Å²) in [4.78, 5) is 0. The van der Waals surface area contributed by atoms with Crippen LogP contribution < -0.4 is 14.8 Å². The van der Waals surface area contributed by atoms with E-state index in [2.05, 4.69) is 5.32 Å². The van der Waals surface area contributed by atoms with Crippen molar-refractivity contribution in [1.82, 2.24) is 0 Å². The highest BCUT2D eigenvalue weighted by atomic mass is 35.5. The van der Waals surface area contributed by atoms with Gasteiger partial charge in [0.15, 0.2) is 11.5 Å². The predicted molar refractivity (Wildman–Crippen MR) is 107 cm³/mol. The number of methoxy groups -OCH3 is 1. The Bertz CT molecular complexity index is 965. The van der Waals surface area contributed by atoms with Crippen LogP contribution in [-0.4, -0.2) is 7.11 Å². The van der Waals surface area contributed by atoms with Crippen molar-refractivity contribution in [1.29, 1.82) is 0 Å². The van der Waals surface area contributed by atoms with Crippen molar-refractivity contribution in [2.45, 2.75) is 13.2 Å². The molecule has 0 aliphatic rings. The Labute approximate surface area is 171 Å². The number of rotatable bonds is 7. The van der Waals surface area contributed by atoms with Crippen molar-refractivity contribution < 1.29 is 18.3 Å². The van der Waals surface area contributed by atoms with Gasteiger partial charge in [-0.25, -0.2) is 8.78 Å². The predicted octanol–water partition coefficient (Wildman–Crippen LogP) is 6.47. The van der Waals surface area contributed by atoms with Gasteiger partial charge >= 0.3 is 0 Å². The lowest BCUT2D eigenvalue weighted by Crippen LogP contribution is -2.03. The molecule has 0 atom stereocenters. The van der Waals surface area contributed by atoms with Crippen LogP contribution in [0.4, 0.5) is 14.5 Å². The molecule has 0 aliphatic heterocycles. The number of halogens is 4. The molecule has 7 heteroatoms. The lowest BCUT2D eigenvalue weighted by atomic mass is 10.2. The van der Waals surface area contributed by atoms with E-state index in [1.165, 1.54) is 31.4 Å². The topological polar surface area (TPSA) is 30.5 Å². The van der Waals surface area contributed by atoms with Gasteiger partial charge in [-0.3, -0.25) is 0 Å². The molecule has 28 heavy (non-hydrogen) atoms. The van der Waals surface area contributed by atoms with Crippen LogP contribution in [0.1, 0.15) is 11.1 Å². The van der Waals surface area contributed by atoms with Crippen molar-refractivity contribution in [2.24, 2.45) is 0 Å². The molecular formula is C21H17Cl2F2NO2. The Morgan fingerprint density at radius 1 is 0.893 bits per heavy atom. The average molecular weight is 424 g/mol. The maximum atomic E-state index is 13.3. The average Bonchev–Trinajstić information content (AvgIpc) is 2.69. The van der Waals surface area contributed by atoms with Gasteiger partial charge in [0.25, 0.3) is 0 Å². The first-order chi connectivity index (χ1) is 13.5.